The van der Waals surface area contributed by atoms with Gasteiger partial charge in [0.1, 0.15) is 12.2 Å². The summed E-state index contributed by atoms with van der Waals surface area (Å²) in [5.41, 5.74) is 2.49. The molecule has 0 aliphatic heterocycles. The number of nitrogens with one attached hydrogen (secondary N) is 1. The van der Waals surface area contributed by atoms with Crippen molar-refractivity contribution in [1.82, 2.24) is 29.1 Å². The van der Waals surface area contributed by atoms with Crippen molar-refractivity contribution >= 4 is 17.3 Å². The standard InChI is InChI=1S/C19H20F3N9/c1-12(13-3-4-16-25-5-6-29(16)9-13)31(23)18-17(24-2)26-8-15(28-18)14-7-27-30(10-14)11-19(20,21)22/h3-10,12H,11,23H2,1-2H3,(H,24,26). The predicted molar refractivity (Wildman–Crippen MR) is 109 cm³/mol. The number of rotatable bonds is 6. The zero-order valence-electron chi connectivity index (χ0n) is 16.7. The molecule has 1 atom stereocenters. The van der Waals surface area contributed by atoms with Crippen LogP contribution in [0.25, 0.3) is 16.9 Å². The number of hydrazine groups is 1. The lowest BCUT2D eigenvalue weighted by atomic mass is 10.1. The van der Waals surface area contributed by atoms with E-state index >= 15 is 0 Å². The molecular formula is C19H20F3N9. The SMILES string of the molecule is CNc1ncc(-c2cnn(CC(F)(F)F)c2)nc1N(N)C(C)c1ccc2nccn2c1. The fourth-order valence-corrected chi connectivity index (χ4v) is 3.17. The lowest BCUT2D eigenvalue weighted by molar-refractivity contribution is -0.142. The second-order valence-electron chi connectivity index (χ2n) is 6.96. The maximum atomic E-state index is 12.6. The molecule has 0 amide bonds. The molecule has 0 fully saturated rings. The van der Waals surface area contributed by atoms with Crippen molar-refractivity contribution in [3.63, 3.8) is 0 Å². The van der Waals surface area contributed by atoms with E-state index in [2.05, 4.69) is 25.4 Å². The van der Waals surface area contributed by atoms with Crippen LogP contribution in [0.4, 0.5) is 24.8 Å². The van der Waals surface area contributed by atoms with Gasteiger partial charge in [0.05, 0.1) is 24.1 Å². The van der Waals surface area contributed by atoms with Crippen molar-refractivity contribution in [2.75, 3.05) is 17.4 Å². The largest absolute Gasteiger partial charge is 0.408 e. The third-order valence-corrected chi connectivity index (χ3v) is 4.82. The molecule has 3 N–H and O–H groups in total. The van der Waals surface area contributed by atoms with E-state index < -0.39 is 12.7 Å². The normalized spacial score (nSPS) is 12.8. The lowest BCUT2D eigenvalue weighted by Gasteiger charge is -2.27. The van der Waals surface area contributed by atoms with Gasteiger partial charge in [-0.2, -0.15) is 18.3 Å². The van der Waals surface area contributed by atoms with E-state index in [4.69, 9.17) is 5.84 Å². The van der Waals surface area contributed by atoms with Crippen molar-refractivity contribution in [2.45, 2.75) is 25.7 Å². The van der Waals surface area contributed by atoms with Gasteiger partial charge in [0.25, 0.3) is 0 Å². The molecule has 0 radical (unpaired) electrons. The summed E-state index contributed by atoms with van der Waals surface area (Å²) in [5.74, 6) is 7.18. The Morgan fingerprint density at radius 1 is 1.19 bits per heavy atom. The van der Waals surface area contributed by atoms with Crippen LogP contribution in [0.5, 0.6) is 0 Å². The summed E-state index contributed by atoms with van der Waals surface area (Å²) in [7, 11) is 1.69. The van der Waals surface area contributed by atoms with Gasteiger partial charge in [-0.15, -0.1) is 0 Å². The Labute approximate surface area is 175 Å². The van der Waals surface area contributed by atoms with E-state index in [1.807, 2.05) is 35.9 Å². The number of halogens is 3. The number of nitrogens with two attached hydrogens (primary N) is 1. The molecule has 1 unspecified atom stereocenters. The minimum atomic E-state index is -4.37. The number of alkyl halides is 3. The topological polar surface area (TPSA) is 102 Å². The van der Waals surface area contributed by atoms with Gasteiger partial charge < -0.3 is 9.72 Å². The highest BCUT2D eigenvalue weighted by atomic mass is 19.4. The molecule has 0 spiro atoms. The van der Waals surface area contributed by atoms with E-state index in [1.54, 1.807) is 13.2 Å². The average Bonchev–Trinajstić information content (AvgIpc) is 3.39. The van der Waals surface area contributed by atoms with Crippen LogP contribution in [0.2, 0.25) is 0 Å². The van der Waals surface area contributed by atoms with Gasteiger partial charge in [-0.3, -0.25) is 9.69 Å². The third-order valence-electron chi connectivity index (χ3n) is 4.82. The molecule has 0 bridgehead atoms. The monoisotopic (exact) mass is 431 g/mol. The Morgan fingerprint density at radius 2 is 2.00 bits per heavy atom. The third kappa shape index (κ3) is 4.28. The molecule has 12 heteroatoms. The number of hydrogen-bond acceptors (Lipinski definition) is 7. The van der Waals surface area contributed by atoms with Gasteiger partial charge in [0.2, 0.25) is 0 Å². The molecule has 9 nitrogen and oxygen atoms in total. The number of fused-ring (bicyclic) bond motifs is 1. The van der Waals surface area contributed by atoms with Crippen LogP contribution in [0.3, 0.4) is 0 Å². The number of pyridine rings is 1. The van der Waals surface area contributed by atoms with Crippen LogP contribution in [-0.4, -0.2) is 42.4 Å². The highest BCUT2D eigenvalue weighted by Gasteiger charge is 2.28. The first-order valence-corrected chi connectivity index (χ1v) is 9.36. The van der Waals surface area contributed by atoms with Gasteiger partial charge in [0.15, 0.2) is 11.6 Å². The summed E-state index contributed by atoms with van der Waals surface area (Å²) in [4.78, 5) is 13.1. The molecule has 0 saturated carbocycles. The maximum Gasteiger partial charge on any atom is 0.408 e. The van der Waals surface area contributed by atoms with E-state index in [-0.39, 0.29) is 6.04 Å². The predicted octanol–water partition coefficient (Wildman–Crippen LogP) is 3.03. The Bertz CT molecular complexity index is 1200. The smallest absolute Gasteiger partial charge is 0.370 e. The molecule has 31 heavy (non-hydrogen) atoms. The fraction of sp³-hybridized carbons (Fsp3) is 0.263. The summed E-state index contributed by atoms with van der Waals surface area (Å²) in [6, 6.07) is 3.52. The van der Waals surface area contributed by atoms with Crippen LogP contribution in [0.15, 0.2) is 49.3 Å². The summed E-state index contributed by atoms with van der Waals surface area (Å²) in [6.45, 7) is 0.728. The van der Waals surface area contributed by atoms with Crippen molar-refractivity contribution in [3.05, 3.63) is 54.9 Å². The van der Waals surface area contributed by atoms with Crippen LogP contribution in [0, 0.1) is 0 Å². The van der Waals surface area contributed by atoms with Crippen molar-refractivity contribution in [1.29, 1.82) is 0 Å². The second-order valence-corrected chi connectivity index (χ2v) is 6.96. The van der Waals surface area contributed by atoms with Crippen molar-refractivity contribution in [3.8, 4) is 11.3 Å². The van der Waals surface area contributed by atoms with E-state index in [9.17, 15) is 13.2 Å². The average molecular weight is 431 g/mol. The molecular weight excluding hydrogens is 411 g/mol. The summed E-state index contributed by atoms with van der Waals surface area (Å²) in [6.07, 6.45) is 5.15. The molecule has 4 aromatic rings. The fourth-order valence-electron chi connectivity index (χ4n) is 3.17. The summed E-state index contributed by atoms with van der Waals surface area (Å²) < 4.78 is 40.6. The lowest BCUT2D eigenvalue weighted by Crippen LogP contribution is -2.35. The Balaban J connectivity index is 1.65. The van der Waals surface area contributed by atoms with Gasteiger partial charge in [-0.1, -0.05) is 6.07 Å². The molecule has 4 heterocycles. The molecule has 0 aromatic carbocycles. The van der Waals surface area contributed by atoms with Crippen LogP contribution in [-0.2, 0) is 6.54 Å². The number of aromatic nitrogens is 6. The van der Waals surface area contributed by atoms with E-state index in [0.29, 0.717) is 22.9 Å². The number of imidazole rings is 1. The Morgan fingerprint density at radius 3 is 2.74 bits per heavy atom. The zero-order chi connectivity index (χ0) is 22.2. The Hall–Kier alpha value is -3.67. The number of nitrogens with zero attached hydrogens (tertiary/aromatic N) is 7. The molecule has 4 rings (SSSR count). The first-order chi connectivity index (χ1) is 14.7. The number of hydrogen-bond donors (Lipinski definition) is 2. The van der Waals surface area contributed by atoms with Gasteiger partial charge in [-0.05, 0) is 18.6 Å². The first kappa shape index (κ1) is 20.6. The van der Waals surface area contributed by atoms with Gasteiger partial charge in [-0.25, -0.2) is 20.8 Å². The molecule has 0 aliphatic rings. The molecule has 0 saturated heterocycles. The van der Waals surface area contributed by atoms with Gasteiger partial charge in [0, 0.05) is 37.4 Å². The highest BCUT2D eigenvalue weighted by molar-refractivity contribution is 5.67. The molecule has 0 aliphatic carbocycles. The Kier molecular flexibility index (Phi) is 5.23. The molecule has 4 aromatic heterocycles. The van der Waals surface area contributed by atoms with Crippen LogP contribution < -0.4 is 16.2 Å². The van der Waals surface area contributed by atoms with Gasteiger partial charge >= 0.3 is 6.18 Å². The van der Waals surface area contributed by atoms with Crippen molar-refractivity contribution in [2.24, 2.45) is 5.84 Å². The summed E-state index contributed by atoms with van der Waals surface area (Å²) >= 11 is 0. The first-order valence-electron chi connectivity index (χ1n) is 9.36. The quantitative estimate of drug-likeness (QED) is 0.357. The van der Waals surface area contributed by atoms with E-state index in [1.165, 1.54) is 23.6 Å². The number of anilines is 2. The van der Waals surface area contributed by atoms with Crippen LogP contribution >= 0.6 is 0 Å². The zero-order valence-corrected chi connectivity index (χ0v) is 16.7. The minimum absolute atomic E-state index is 0.281. The second kappa shape index (κ2) is 7.87. The highest BCUT2D eigenvalue weighted by Crippen LogP contribution is 2.30. The van der Waals surface area contributed by atoms with Crippen LogP contribution in [0.1, 0.15) is 18.5 Å². The van der Waals surface area contributed by atoms with E-state index in [0.717, 1.165) is 15.9 Å². The maximum absolute atomic E-state index is 12.6. The van der Waals surface area contributed by atoms with Crippen molar-refractivity contribution < 1.29 is 13.2 Å². The summed E-state index contributed by atoms with van der Waals surface area (Å²) in [5, 5.41) is 8.16. The minimum Gasteiger partial charge on any atom is -0.370 e. The molecule has 162 valence electrons.